The summed E-state index contributed by atoms with van der Waals surface area (Å²) in [4.78, 5) is 16.2. The first-order valence-corrected chi connectivity index (χ1v) is 7.41. The molecule has 1 fully saturated rings. The average Bonchev–Trinajstić information content (AvgIpc) is 2.48. The molecule has 1 saturated heterocycles. The lowest BCUT2D eigenvalue weighted by molar-refractivity contribution is -0.126. The van der Waals surface area contributed by atoms with Crippen molar-refractivity contribution < 1.29 is 4.79 Å². The van der Waals surface area contributed by atoms with Crippen molar-refractivity contribution in [3.8, 4) is 0 Å². The quantitative estimate of drug-likeness (QED) is 0.508. The lowest BCUT2D eigenvalue weighted by Crippen LogP contribution is -2.39. The number of rotatable bonds is 5. The Kier molecular flexibility index (Phi) is 5.75. The van der Waals surface area contributed by atoms with Crippen molar-refractivity contribution in [1.29, 1.82) is 0 Å². The molecule has 1 aliphatic heterocycles. The van der Waals surface area contributed by atoms with E-state index in [0.29, 0.717) is 0 Å². The largest absolute Gasteiger partial charge is 0.367 e. The minimum atomic E-state index is 0.0347. The van der Waals surface area contributed by atoms with Gasteiger partial charge in [0.25, 0.3) is 0 Å². The van der Waals surface area contributed by atoms with Crippen LogP contribution in [0.1, 0.15) is 18.4 Å². The highest BCUT2D eigenvalue weighted by Gasteiger charge is 2.24. The van der Waals surface area contributed by atoms with Crippen LogP contribution in [0.4, 0.5) is 0 Å². The van der Waals surface area contributed by atoms with E-state index in [0.717, 1.165) is 32.5 Å². The third kappa shape index (κ3) is 5.19. The van der Waals surface area contributed by atoms with E-state index in [1.54, 1.807) is 11.2 Å². The van der Waals surface area contributed by atoms with E-state index < -0.39 is 0 Å². The lowest BCUT2D eigenvalue weighted by atomic mass is 9.96. The molecule has 1 amide bonds. The molecule has 0 atom stereocenters. The van der Waals surface area contributed by atoms with Gasteiger partial charge in [0, 0.05) is 26.6 Å². The van der Waals surface area contributed by atoms with Crippen molar-refractivity contribution in [3.05, 3.63) is 35.9 Å². The van der Waals surface area contributed by atoms with Crippen LogP contribution in [0.15, 0.2) is 35.4 Å². The summed E-state index contributed by atoms with van der Waals surface area (Å²) in [6.45, 7) is 2.89. The highest BCUT2D eigenvalue weighted by Crippen LogP contribution is 2.19. The van der Waals surface area contributed by atoms with Crippen molar-refractivity contribution in [2.24, 2.45) is 11.0 Å². The summed E-state index contributed by atoms with van der Waals surface area (Å²) in [7, 11) is 3.75. The molecule has 1 aromatic carbocycles. The summed E-state index contributed by atoms with van der Waals surface area (Å²) in [6.07, 6.45) is 3.40. The zero-order valence-corrected chi connectivity index (χ0v) is 12.8. The molecule has 0 radical (unpaired) electrons. The van der Waals surface area contributed by atoms with Gasteiger partial charge >= 0.3 is 0 Å². The van der Waals surface area contributed by atoms with Gasteiger partial charge in [-0.3, -0.25) is 9.69 Å². The molecule has 21 heavy (non-hydrogen) atoms. The molecule has 2 rings (SSSR count). The average molecular weight is 288 g/mol. The maximum atomic E-state index is 12.0. The highest BCUT2D eigenvalue weighted by atomic mass is 16.2. The summed E-state index contributed by atoms with van der Waals surface area (Å²) in [5.74, 6) is 0.115. The number of nitrogens with one attached hydrogen (secondary N) is 1. The highest BCUT2D eigenvalue weighted by molar-refractivity contribution is 5.79. The Labute approximate surface area is 126 Å². The van der Waals surface area contributed by atoms with E-state index in [1.807, 2.05) is 20.2 Å². The smallest absolute Gasteiger partial charge is 0.243 e. The van der Waals surface area contributed by atoms with Crippen LogP contribution in [0.25, 0.3) is 0 Å². The van der Waals surface area contributed by atoms with Crippen molar-refractivity contribution >= 4 is 12.2 Å². The molecule has 1 aromatic rings. The summed E-state index contributed by atoms with van der Waals surface area (Å²) in [6, 6.07) is 10.5. The lowest BCUT2D eigenvalue weighted by Gasteiger charge is -2.30. The van der Waals surface area contributed by atoms with Crippen LogP contribution in [0.2, 0.25) is 0 Å². The molecule has 0 saturated carbocycles. The van der Waals surface area contributed by atoms with Gasteiger partial charge in [0.2, 0.25) is 5.91 Å². The van der Waals surface area contributed by atoms with Crippen LogP contribution in [-0.2, 0) is 11.3 Å². The molecule has 1 N–H and O–H groups in total. The predicted octanol–water partition coefficient (Wildman–Crippen LogP) is 1.52. The molecule has 0 bridgehead atoms. The van der Waals surface area contributed by atoms with Gasteiger partial charge in [-0.05, 0) is 31.5 Å². The molecule has 1 aliphatic rings. The van der Waals surface area contributed by atoms with Gasteiger partial charge in [0.1, 0.15) is 6.34 Å². The van der Waals surface area contributed by atoms with Crippen molar-refractivity contribution in [1.82, 2.24) is 15.2 Å². The molecule has 5 nitrogen and oxygen atoms in total. The molecule has 5 heteroatoms. The monoisotopic (exact) mass is 288 g/mol. The number of hydrazone groups is 1. The predicted molar refractivity (Wildman–Crippen MR) is 84.8 cm³/mol. The minimum Gasteiger partial charge on any atom is -0.367 e. The number of piperidine rings is 1. The van der Waals surface area contributed by atoms with Crippen molar-refractivity contribution in [2.75, 3.05) is 27.2 Å². The normalized spacial score (nSPS) is 17.0. The summed E-state index contributed by atoms with van der Waals surface area (Å²) in [5.41, 5.74) is 3.95. The van der Waals surface area contributed by atoms with Crippen molar-refractivity contribution in [3.63, 3.8) is 0 Å². The van der Waals surface area contributed by atoms with Gasteiger partial charge in [0.05, 0.1) is 0 Å². The van der Waals surface area contributed by atoms with E-state index in [1.165, 1.54) is 5.56 Å². The second-order valence-electron chi connectivity index (χ2n) is 5.72. The van der Waals surface area contributed by atoms with Gasteiger partial charge in [-0.2, -0.15) is 5.10 Å². The first kappa shape index (κ1) is 15.5. The zero-order valence-electron chi connectivity index (χ0n) is 12.8. The van der Waals surface area contributed by atoms with E-state index in [2.05, 4.69) is 39.7 Å². The SMILES string of the molecule is CN(C)/C=N/NC(=O)C1CCN(Cc2ccccc2)CC1. The standard InChI is InChI=1S/C16H24N4O/c1-19(2)13-17-18-16(21)15-8-10-20(11-9-15)12-14-6-4-3-5-7-14/h3-7,13,15H,8-12H2,1-2H3,(H,18,21)/b17-13+. The van der Waals surface area contributed by atoms with Crippen LogP contribution < -0.4 is 5.43 Å². The molecule has 0 aliphatic carbocycles. The Hall–Kier alpha value is -1.88. The van der Waals surface area contributed by atoms with E-state index in [-0.39, 0.29) is 11.8 Å². The molecular weight excluding hydrogens is 264 g/mol. The van der Waals surface area contributed by atoms with Crippen LogP contribution in [0, 0.1) is 5.92 Å². The number of carbonyl (C=O) groups excluding carboxylic acids is 1. The van der Waals surface area contributed by atoms with Crippen LogP contribution in [-0.4, -0.2) is 49.2 Å². The number of nitrogens with zero attached hydrogens (tertiary/aromatic N) is 3. The molecule has 0 spiro atoms. The second-order valence-corrected chi connectivity index (χ2v) is 5.72. The second kappa shape index (κ2) is 7.78. The van der Waals surface area contributed by atoms with Gasteiger partial charge in [-0.1, -0.05) is 30.3 Å². The summed E-state index contributed by atoms with van der Waals surface area (Å²) >= 11 is 0. The van der Waals surface area contributed by atoms with E-state index in [9.17, 15) is 4.79 Å². The van der Waals surface area contributed by atoms with Crippen LogP contribution in [0.3, 0.4) is 0 Å². The number of hydrogen-bond donors (Lipinski definition) is 1. The Morgan fingerprint density at radius 3 is 2.62 bits per heavy atom. The number of hydrogen-bond acceptors (Lipinski definition) is 3. The Morgan fingerprint density at radius 1 is 1.33 bits per heavy atom. The first-order valence-electron chi connectivity index (χ1n) is 7.41. The maximum absolute atomic E-state index is 12.0. The van der Waals surface area contributed by atoms with Gasteiger partial charge in [-0.15, -0.1) is 0 Å². The topological polar surface area (TPSA) is 47.9 Å². The summed E-state index contributed by atoms with van der Waals surface area (Å²) < 4.78 is 0. The Bertz CT molecular complexity index is 464. The fraction of sp³-hybridized carbons (Fsp3) is 0.500. The van der Waals surface area contributed by atoms with Crippen LogP contribution >= 0.6 is 0 Å². The van der Waals surface area contributed by atoms with Gasteiger partial charge < -0.3 is 4.90 Å². The molecular formula is C16H24N4O. The minimum absolute atomic E-state index is 0.0347. The maximum Gasteiger partial charge on any atom is 0.243 e. The number of carbonyl (C=O) groups is 1. The molecule has 0 aromatic heterocycles. The third-order valence-corrected chi connectivity index (χ3v) is 3.67. The van der Waals surface area contributed by atoms with Gasteiger partial charge in [0.15, 0.2) is 0 Å². The first-order chi connectivity index (χ1) is 10.1. The Morgan fingerprint density at radius 2 is 2.00 bits per heavy atom. The number of amides is 1. The van der Waals surface area contributed by atoms with E-state index >= 15 is 0 Å². The molecule has 114 valence electrons. The van der Waals surface area contributed by atoms with E-state index in [4.69, 9.17) is 0 Å². The fourth-order valence-corrected chi connectivity index (χ4v) is 2.49. The third-order valence-electron chi connectivity index (χ3n) is 3.67. The molecule has 1 heterocycles. The fourth-order valence-electron chi connectivity index (χ4n) is 2.49. The zero-order chi connectivity index (χ0) is 15.1. The summed E-state index contributed by atoms with van der Waals surface area (Å²) in [5, 5.41) is 3.92. The van der Waals surface area contributed by atoms with Gasteiger partial charge in [-0.25, -0.2) is 5.43 Å². The number of likely N-dealkylation sites (tertiary alicyclic amines) is 1. The number of benzene rings is 1. The Balaban J connectivity index is 1.74. The van der Waals surface area contributed by atoms with Crippen molar-refractivity contribution in [2.45, 2.75) is 19.4 Å². The van der Waals surface area contributed by atoms with Crippen LogP contribution in [0.5, 0.6) is 0 Å². The molecule has 0 unspecified atom stereocenters.